The van der Waals surface area contributed by atoms with E-state index in [9.17, 15) is 4.39 Å². The van der Waals surface area contributed by atoms with Crippen LogP contribution in [0.1, 0.15) is 5.56 Å². The number of nitrogen functional groups attached to an aromatic ring is 1. The monoisotopic (exact) mass is 309 g/mol. The fourth-order valence-electron chi connectivity index (χ4n) is 2.10. The summed E-state index contributed by atoms with van der Waals surface area (Å²) in [4.78, 5) is 4.19. The van der Waals surface area contributed by atoms with E-state index < -0.39 is 5.82 Å². The zero-order valence-corrected chi connectivity index (χ0v) is 11.8. The fraction of sp³-hybridized carbons (Fsp3) is 0.0714. The molecule has 0 amide bonds. The second kappa shape index (κ2) is 4.96. The molecule has 0 saturated heterocycles. The van der Waals surface area contributed by atoms with Crippen LogP contribution in [-0.2, 0) is 6.54 Å². The van der Waals surface area contributed by atoms with Crippen molar-refractivity contribution in [1.29, 1.82) is 0 Å². The molecule has 0 atom stereocenters. The van der Waals surface area contributed by atoms with Crippen LogP contribution in [0, 0.1) is 5.82 Å². The lowest BCUT2D eigenvalue weighted by Gasteiger charge is -2.08. The van der Waals surface area contributed by atoms with Gasteiger partial charge >= 0.3 is 0 Å². The molecule has 1 heterocycles. The fourth-order valence-corrected chi connectivity index (χ4v) is 2.46. The second-order valence-corrected chi connectivity index (χ2v) is 5.22. The van der Waals surface area contributed by atoms with E-state index in [4.69, 9.17) is 28.9 Å². The molecule has 0 aliphatic carbocycles. The molecule has 0 spiro atoms. The highest BCUT2D eigenvalue weighted by atomic mass is 35.5. The number of hydrogen-bond donors (Lipinski definition) is 1. The number of nitrogens with two attached hydrogens (primary N) is 1. The first kappa shape index (κ1) is 13.2. The van der Waals surface area contributed by atoms with Crippen LogP contribution < -0.4 is 5.73 Å². The minimum Gasteiger partial charge on any atom is -0.369 e. The SMILES string of the molecule is Nc1nc2cc(Cl)c(F)cc2n1Cc1ccccc1Cl. The number of aromatic nitrogens is 2. The molecule has 0 aliphatic rings. The average molecular weight is 310 g/mol. The Balaban J connectivity index is 2.14. The van der Waals surface area contributed by atoms with Gasteiger partial charge in [-0.25, -0.2) is 9.37 Å². The van der Waals surface area contributed by atoms with E-state index in [0.717, 1.165) is 5.56 Å². The molecule has 0 unspecified atom stereocenters. The van der Waals surface area contributed by atoms with E-state index >= 15 is 0 Å². The van der Waals surface area contributed by atoms with Gasteiger partial charge in [0.25, 0.3) is 0 Å². The lowest BCUT2D eigenvalue weighted by Crippen LogP contribution is -2.05. The third-order valence-corrected chi connectivity index (χ3v) is 3.76. The van der Waals surface area contributed by atoms with E-state index in [-0.39, 0.29) is 5.02 Å². The van der Waals surface area contributed by atoms with Gasteiger partial charge in [-0.1, -0.05) is 41.4 Å². The number of rotatable bonds is 2. The Morgan fingerprint density at radius 3 is 2.65 bits per heavy atom. The lowest BCUT2D eigenvalue weighted by molar-refractivity contribution is 0.629. The van der Waals surface area contributed by atoms with Crippen molar-refractivity contribution in [2.75, 3.05) is 5.73 Å². The molecule has 3 rings (SSSR count). The summed E-state index contributed by atoms with van der Waals surface area (Å²) < 4.78 is 15.3. The van der Waals surface area contributed by atoms with Crippen LogP contribution in [-0.4, -0.2) is 9.55 Å². The number of anilines is 1. The third-order valence-electron chi connectivity index (χ3n) is 3.11. The van der Waals surface area contributed by atoms with Crippen LogP contribution in [0.15, 0.2) is 36.4 Å². The van der Waals surface area contributed by atoms with Crippen molar-refractivity contribution in [2.24, 2.45) is 0 Å². The Hall–Kier alpha value is -1.78. The quantitative estimate of drug-likeness (QED) is 0.774. The average Bonchev–Trinajstić information content (AvgIpc) is 2.69. The van der Waals surface area contributed by atoms with Gasteiger partial charge in [0.05, 0.1) is 22.6 Å². The third kappa shape index (κ3) is 2.21. The summed E-state index contributed by atoms with van der Waals surface area (Å²) in [5.41, 5.74) is 7.92. The molecule has 0 bridgehead atoms. The first-order valence-corrected chi connectivity index (χ1v) is 6.66. The van der Waals surface area contributed by atoms with Gasteiger partial charge < -0.3 is 10.3 Å². The van der Waals surface area contributed by atoms with Crippen LogP contribution in [0.2, 0.25) is 10.0 Å². The highest BCUT2D eigenvalue weighted by Crippen LogP contribution is 2.26. The van der Waals surface area contributed by atoms with Gasteiger partial charge in [0.2, 0.25) is 5.95 Å². The maximum Gasteiger partial charge on any atom is 0.201 e. The van der Waals surface area contributed by atoms with Gasteiger partial charge in [-0.2, -0.15) is 0 Å². The van der Waals surface area contributed by atoms with Crippen molar-refractivity contribution in [3.8, 4) is 0 Å². The zero-order chi connectivity index (χ0) is 14.3. The Bertz CT molecular complexity index is 798. The van der Waals surface area contributed by atoms with Crippen molar-refractivity contribution < 1.29 is 4.39 Å². The van der Waals surface area contributed by atoms with Crippen molar-refractivity contribution in [3.63, 3.8) is 0 Å². The Morgan fingerprint density at radius 1 is 1.15 bits per heavy atom. The normalized spacial score (nSPS) is 11.2. The summed E-state index contributed by atoms with van der Waals surface area (Å²) in [5, 5.41) is 0.656. The van der Waals surface area contributed by atoms with Crippen LogP contribution in [0.5, 0.6) is 0 Å². The maximum absolute atomic E-state index is 13.6. The molecule has 3 nitrogen and oxygen atoms in total. The first-order valence-electron chi connectivity index (χ1n) is 5.90. The molecule has 2 N–H and O–H groups in total. The lowest BCUT2D eigenvalue weighted by atomic mass is 10.2. The van der Waals surface area contributed by atoms with Gasteiger partial charge in [-0.05, 0) is 17.7 Å². The van der Waals surface area contributed by atoms with E-state index in [0.29, 0.717) is 28.5 Å². The molecule has 0 saturated carbocycles. The summed E-state index contributed by atoms with van der Waals surface area (Å²) in [6, 6.07) is 10.2. The van der Waals surface area contributed by atoms with Gasteiger partial charge in [-0.15, -0.1) is 0 Å². The standard InChI is InChI=1S/C14H10Cl2FN3/c15-9-4-2-1-3-8(9)7-20-13-6-11(17)10(16)5-12(13)19-14(20)18/h1-6H,7H2,(H2,18,19). The van der Waals surface area contributed by atoms with Crippen molar-refractivity contribution in [3.05, 3.63) is 57.8 Å². The number of fused-ring (bicyclic) bond motifs is 1. The van der Waals surface area contributed by atoms with E-state index in [1.807, 2.05) is 18.2 Å². The van der Waals surface area contributed by atoms with Crippen LogP contribution in [0.3, 0.4) is 0 Å². The molecule has 6 heteroatoms. The van der Waals surface area contributed by atoms with Crippen LogP contribution in [0.4, 0.5) is 10.3 Å². The first-order chi connectivity index (χ1) is 9.56. The minimum atomic E-state index is -0.500. The summed E-state index contributed by atoms with van der Waals surface area (Å²) in [7, 11) is 0. The zero-order valence-electron chi connectivity index (χ0n) is 10.3. The van der Waals surface area contributed by atoms with Crippen molar-refractivity contribution >= 4 is 40.2 Å². The largest absolute Gasteiger partial charge is 0.369 e. The van der Waals surface area contributed by atoms with Gasteiger partial charge in [0.15, 0.2) is 0 Å². The van der Waals surface area contributed by atoms with Gasteiger partial charge in [0, 0.05) is 11.1 Å². The molecule has 102 valence electrons. The van der Waals surface area contributed by atoms with Crippen LogP contribution in [0.25, 0.3) is 11.0 Å². The van der Waals surface area contributed by atoms with Crippen LogP contribution >= 0.6 is 23.2 Å². The summed E-state index contributed by atoms with van der Waals surface area (Å²) in [6.45, 7) is 0.420. The highest BCUT2D eigenvalue weighted by Gasteiger charge is 2.13. The highest BCUT2D eigenvalue weighted by molar-refractivity contribution is 6.31. The molecule has 3 aromatic rings. The number of hydrogen-bond acceptors (Lipinski definition) is 2. The molecule has 0 aliphatic heterocycles. The van der Waals surface area contributed by atoms with E-state index in [1.165, 1.54) is 12.1 Å². The smallest absolute Gasteiger partial charge is 0.201 e. The molecular weight excluding hydrogens is 300 g/mol. The number of benzene rings is 2. The van der Waals surface area contributed by atoms with Gasteiger partial charge in [-0.3, -0.25) is 0 Å². The molecule has 1 aromatic heterocycles. The maximum atomic E-state index is 13.6. The molecule has 0 fully saturated rings. The Labute approximate surface area is 124 Å². The topological polar surface area (TPSA) is 43.8 Å². The Morgan fingerprint density at radius 2 is 1.90 bits per heavy atom. The van der Waals surface area contributed by atoms with E-state index in [2.05, 4.69) is 4.98 Å². The minimum absolute atomic E-state index is 0.0277. The molecule has 2 aromatic carbocycles. The second-order valence-electron chi connectivity index (χ2n) is 4.40. The number of imidazole rings is 1. The van der Waals surface area contributed by atoms with Gasteiger partial charge in [0.1, 0.15) is 5.82 Å². The number of nitrogens with zero attached hydrogens (tertiary/aromatic N) is 2. The summed E-state index contributed by atoms with van der Waals surface area (Å²) in [6.07, 6.45) is 0. The predicted octanol–water partition coefficient (Wildman–Crippen LogP) is 4.11. The predicted molar refractivity (Wildman–Crippen MR) is 79.7 cm³/mol. The number of halogens is 3. The Kier molecular flexibility index (Phi) is 3.28. The van der Waals surface area contributed by atoms with E-state index in [1.54, 1.807) is 10.6 Å². The molecule has 0 radical (unpaired) electrons. The van der Waals surface area contributed by atoms with Crippen molar-refractivity contribution in [2.45, 2.75) is 6.54 Å². The summed E-state index contributed by atoms with van der Waals surface area (Å²) in [5.74, 6) is -0.207. The summed E-state index contributed by atoms with van der Waals surface area (Å²) >= 11 is 11.9. The molecule has 20 heavy (non-hydrogen) atoms. The van der Waals surface area contributed by atoms with Crippen molar-refractivity contribution in [1.82, 2.24) is 9.55 Å². The molecular formula is C14H10Cl2FN3.